The number of amides is 1. The summed E-state index contributed by atoms with van der Waals surface area (Å²) in [5, 5.41) is 0. The maximum absolute atomic E-state index is 12.9. The van der Waals surface area contributed by atoms with Gasteiger partial charge in [0.1, 0.15) is 5.82 Å². The van der Waals surface area contributed by atoms with Crippen molar-refractivity contribution >= 4 is 5.91 Å². The van der Waals surface area contributed by atoms with E-state index in [0.717, 1.165) is 43.7 Å². The third kappa shape index (κ3) is 3.44. The van der Waals surface area contributed by atoms with E-state index in [1.807, 2.05) is 18.7 Å². The van der Waals surface area contributed by atoms with Crippen LogP contribution >= 0.6 is 0 Å². The molecule has 0 radical (unpaired) electrons. The van der Waals surface area contributed by atoms with Crippen LogP contribution in [0.5, 0.6) is 0 Å². The van der Waals surface area contributed by atoms with Gasteiger partial charge in [-0.3, -0.25) is 19.2 Å². The molecule has 3 heterocycles. The molecule has 0 aromatic carbocycles. The van der Waals surface area contributed by atoms with Gasteiger partial charge in [0.05, 0.1) is 12.6 Å². The molecular weight excluding hydrogens is 316 g/mol. The van der Waals surface area contributed by atoms with Crippen LogP contribution in [-0.2, 0) is 11.3 Å². The van der Waals surface area contributed by atoms with E-state index in [2.05, 4.69) is 14.8 Å². The molecule has 24 heavy (non-hydrogen) atoms. The molecule has 0 N–H and O–H groups in total. The fraction of sp³-hybridized carbons (Fsp3) is 0.750. The minimum Gasteiger partial charge on any atom is -0.339 e. The molecule has 8 heteroatoms. The Labute approximate surface area is 141 Å². The van der Waals surface area contributed by atoms with Gasteiger partial charge in [0.2, 0.25) is 5.91 Å². The van der Waals surface area contributed by atoms with E-state index < -0.39 is 6.55 Å². The molecule has 6 nitrogen and oxygen atoms in total. The third-order valence-electron chi connectivity index (χ3n) is 5.01. The Kier molecular flexibility index (Phi) is 5.15. The summed E-state index contributed by atoms with van der Waals surface area (Å²) in [5.74, 6) is 0.619. The topological polar surface area (TPSA) is 44.6 Å². The van der Waals surface area contributed by atoms with Crippen LogP contribution in [0.25, 0.3) is 0 Å². The molecule has 2 fully saturated rings. The number of imidazole rings is 1. The van der Waals surface area contributed by atoms with Gasteiger partial charge in [0.25, 0.3) is 0 Å². The number of carbonyl (C=O) groups is 1. The van der Waals surface area contributed by atoms with Crippen LogP contribution in [0.15, 0.2) is 12.4 Å². The summed E-state index contributed by atoms with van der Waals surface area (Å²) < 4.78 is 26.7. The van der Waals surface area contributed by atoms with Gasteiger partial charge < -0.3 is 4.90 Å². The molecule has 1 aromatic rings. The normalized spacial score (nSPS) is 23.8. The summed E-state index contributed by atoms with van der Waals surface area (Å²) in [6, 6.07) is 0.231. The first kappa shape index (κ1) is 17.3. The van der Waals surface area contributed by atoms with E-state index in [1.54, 1.807) is 0 Å². The van der Waals surface area contributed by atoms with E-state index in [0.29, 0.717) is 12.4 Å². The SMILES string of the molecule is CC(C)N1CC[C@H](N2CCN(Cc3nccn3C(F)F)CC2)C1=O. The molecule has 3 rings (SSSR count). The lowest BCUT2D eigenvalue weighted by atomic mass is 10.2. The minimum atomic E-state index is -2.55. The number of alkyl halides is 2. The molecule has 2 saturated heterocycles. The van der Waals surface area contributed by atoms with Gasteiger partial charge in [-0.05, 0) is 20.3 Å². The Morgan fingerprint density at radius 1 is 1.21 bits per heavy atom. The summed E-state index contributed by atoms with van der Waals surface area (Å²) in [6.07, 6.45) is 3.61. The Morgan fingerprint density at radius 2 is 1.92 bits per heavy atom. The van der Waals surface area contributed by atoms with Crippen molar-refractivity contribution in [1.29, 1.82) is 0 Å². The Morgan fingerprint density at radius 3 is 2.50 bits per heavy atom. The number of hydrogen-bond acceptors (Lipinski definition) is 4. The number of carbonyl (C=O) groups excluding carboxylic acids is 1. The first-order valence-corrected chi connectivity index (χ1v) is 8.54. The number of piperazine rings is 1. The number of nitrogens with zero attached hydrogens (tertiary/aromatic N) is 5. The van der Waals surface area contributed by atoms with Crippen LogP contribution in [-0.4, -0.2) is 75.0 Å². The summed E-state index contributed by atoms with van der Waals surface area (Å²) in [7, 11) is 0. The van der Waals surface area contributed by atoms with Crippen molar-refractivity contribution in [3.63, 3.8) is 0 Å². The highest BCUT2D eigenvalue weighted by molar-refractivity contribution is 5.84. The lowest BCUT2D eigenvalue weighted by Gasteiger charge is -2.37. The summed E-state index contributed by atoms with van der Waals surface area (Å²) in [4.78, 5) is 22.8. The molecule has 0 saturated carbocycles. The molecule has 0 aliphatic carbocycles. The van der Waals surface area contributed by atoms with Gasteiger partial charge in [-0.2, -0.15) is 8.78 Å². The molecule has 2 aliphatic heterocycles. The second-order valence-corrected chi connectivity index (χ2v) is 6.77. The van der Waals surface area contributed by atoms with Gasteiger partial charge in [-0.1, -0.05) is 0 Å². The molecule has 0 spiro atoms. The molecule has 1 atom stereocenters. The summed E-state index contributed by atoms with van der Waals surface area (Å²) in [6.45, 7) is 5.89. The average molecular weight is 341 g/mol. The smallest absolute Gasteiger partial charge is 0.319 e. The van der Waals surface area contributed by atoms with Crippen molar-refractivity contribution in [1.82, 2.24) is 24.3 Å². The maximum atomic E-state index is 12.9. The van der Waals surface area contributed by atoms with Crippen LogP contribution < -0.4 is 0 Å². The molecule has 1 amide bonds. The highest BCUT2D eigenvalue weighted by atomic mass is 19.3. The van der Waals surface area contributed by atoms with Crippen molar-refractivity contribution in [2.75, 3.05) is 32.7 Å². The Hall–Kier alpha value is -1.54. The Balaban J connectivity index is 1.53. The predicted octanol–water partition coefficient (Wildman–Crippen LogP) is 1.41. The van der Waals surface area contributed by atoms with E-state index in [-0.39, 0.29) is 18.0 Å². The molecule has 1 aromatic heterocycles. The van der Waals surface area contributed by atoms with Gasteiger partial charge in [-0.15, -0.1) is 0 Å². The first-order chi connectivity index (χ1) is 11.5. The van der Waals surface area contributed by atoms with Crippen LogP contribution in [0.3, 0.4) is 0 Å². The highest BCUT2D eigenvalue weighted by Crippen LogP contribution is 2.21. The zero-order valence-electron chi connectivity index (χ0n) is 14.2. The van der Waals surface area contributed by atoms with Crippen LogP contribution in [0.4, 0.5) is 8.78 Å². The predicted molar refractivity (Wildman–Crippen MR) is 85.6 cm³/mol. The van der Waals surface area contributed by atoms with Gasteiger partial charge in [-0.25, -0.2) is 4.98 Å². The van der Waals surface area contributed by atoms with E-state index >= 15 is 0 Å². The van der Waals surface area contributed by atoms with Gasteiger partial charge in [0, 0.05) is 51.2 Å². The monoisotopic (exact) mass is 341 g/mol. The molecular formula is C16H25F2N5O. The van der Waals surface area contributed by atoms with E-state index in [1.165, 1.54) is 12.4 Å². The second kappa shape index (κ2) is 7.14. The van der Waals surface area contributed by atoms with Crippen molar-refractivity contribution in [3.05, 3.63) is 18.2 Å². The number of hydrogen-bond donors (Lipinski definition) is 0. The van der Waals surface area contributed by atoms with E-state index in [4.69, 9.17) is 0 Å². The third-order valence-corrected chi connectivity index (χ3v) is 5.01. The molecule has 2 aliphatic rings. The van der Waals surface area contributed by atoms with Gasteiger partial charge in [0.15, 0.2) is 0 Å². The molecule has 134 valence electrons. The zero-order valence-corrected chi connectivity index (χ0v) is 14.2. The second-order valence-electron chi connectivity index (χ2n) is 6.77. The fourth-order valence-corrected chi connectivity index (χ4v) is 3.62. The quantitative estimate of drug-likeness (QED) is 0.812. The number of halogens is 2. The molecule has 0 bridgehead atoms. The number of rotatable bonds is 5. The van der Waals surface area contributed by atoms with Crippen LogP contribution in [0, 0.1) is 0 Å². The summed E-state index contributed by atoms with van der Waals surface area (Å²) >= 11 is 0. The van der Waals surface area contributed by atoms with E-state index in [9.17, 15) is 13.6 Å². The van der Waals surface area contributed by atoms with Gasteiger partial charge >= 0.3 is 6.55 Å². The fourth-order valence-electron chi connectivity index (χ4n) is 3.62. The average Bonchev–Trinajstić information content (AvgIpc) is 3.15. The molecule has 0 unspecified atom stereocenters. The number of aromatic nitrogens is 2. The lowest BCUT2D eigenvalue weighted by Crippen LogP contribution is -2.52. The largest absolute Gasteiger partial charge is 0.339 e. The first-order valence-electron chi connectivity index (χ1n) is 8.54. The standard InChI is InChI=1S/C16H25F2N5O/c1-12(2)22-5-3-13(15(22)24)21-9-7-20(8-10-21)11-14-19-4-6-23(14)16(17)18/h4,6,12-13,16H,3,5,7-11H2,1-2H3/t13-/m0/s1. The maximum Gasteiger partial charge on any atom is 0.319 e. The Bertz CT molecular complexity index is 569. The number of likely N-dealkylation sites (tertiary alicyclic amines) is 1. The van der Waals surface area contributed by atoms with Crippen molar-refractivity contribution in [3.8, 4) is 0 Å². The minimum absolute atomic E-state index is 0.0161. The van der Waals surface area contributed by atoms with Crippen LogP contribution in [0.2, 0.25) is 0 Å². The van der Waals surface area contributed by atoms with Crippen molar-refractivity contribution in [2.24, 2.45) is 0 Å². The van der Waals surface area contributed by atoms with Crippen LogP contribution in [0.1, 0.15) is 32.6 Å². The van der Waals surface area contributed by atoms with Crippen molar-refractivity contribution < 1.29 is 13.6 Å². The lowest BCUT2D eigenvalue weighted by molar-refractivity contribution is -0.134. The highest BCUT2D eigenvalue weighted by Gasteiger charge is 2.38. The zero-order chi connectivity index (χ0) is 17.3. The van der Waals surface area contributed by atoms with Crippen molar-refractivity contribution in [2.45, 2.75) is 45.4 Å². The summed E-state index contributed by atoms with van der Waals surface area (Å²) in [5.41, 5.74) is 0.